The van der Waals surface area contributed by atoms with Crippen molar-refractivity contribution in [2.45, 2.75) is 26.7 Å². The number of nitrogens with zero attached hydrogens (tertiary/aromatic N) is 2. The molecule has 0 aliphatic heterocycles. The van der Waals surface area contributed by atoms with Gasteiger partial charge in [-0.15, -0.1) is 0 Å². The van der Waals surface area contributed by atoms with E-state index in [2.05, 4.69) is 0 Å². The molecule has 0 radical (unpaired) electrons. The van der Waals surface area contributed by atoms with Gasteiger partial charge in [-0.25, -0.2) is 0 Å². The van der Waals surface area contributed by atoms with Crippen molar-refractivity contribution in [3.8, 4) is 6.07 Å². The number of alkyl halides is 1. The molecule has 0 N–H and O–H groups in total. The lowest BCUT2D eigenvalue weighted by Crippen LogP contribution is -2.38. The summed E-state index contributed by atoms with van der Waals surface area (Å²) in [6, 6.07) is 1.84. The molecule has 0 aromatic carbocycles. The number of nitriles is 1. The van der Waals surface area contributed by atoms with Gasteiger partial charge in [-0.05, 0) is 5.92 Å². The van der Waals surface area contributed by atoms with E-state index in [1.54, 1.807) is 6.92 Å². The van der Waals surface area contributed by atoms with Gasteiger partial charge in [0.1, 0.15) is 6.67 Å². The van der Waals surface area contributed by atoms with Gasteiger partial charge in [-0.2, -0.15) is 5.26 Å². The molecule has 0 aliphatic rings. The van der Waals surface area contributed by atoms with Gasteiger partial charge in [0.2, 0.25) is 6.54 Å². The zero-order chi connectivity index (χ0) is 11.2. The molecule has 0 spiro atoms. The molecule has 0 saturated carbocycles. The van der Waals surface area contributed by atoms with Crippen molar-refractivity contribution in [3.63, 3.8) is 0 Å². The second-order valence-electron chi connectivity index (χ2n) is 3.63. The van der Waals surface area contributed by atoms with Crippen molar-refractivity contribution >= 4 is 0 Å². The summed E-state index contributed by atoms with van der Waals surface area (Å²) in [5.41, 5.74) is -1.10. The molecule has 0 bridgehead atoms. The van der Waals surface area contributed by atoms with E-state index in [4.69, 9.17) is 5.26 Å². The zero-order valence-electron chi connectivity index (χ0n) is 8.49. The molecule has 5 heteroatoms. The minimum atomic E-state index is -1.10. The summed E-state index contributed by atoms with van der Waals surface area (Å²) in [5.74, 6) is -0.155. The molecule has 0 aromatic heterocycles. The Balaban J connectivity index is 4.78. The monoisotopic (exact) mass is 202 g/mol. The van der Waals surface area contributed by atoms with Crippen LogP contribution in [-0.4, -0.2) is 18.1 Å². The molecule has 0 saturated heterocycles. The van der Waals surface area contributed by atoms with Crippen LogP contribution in [0.4, 0.5) is 4.39 Å². The maximum Gasteiger partial charge on any atom is 0.213 e. The lowest BCUT2D eigenvalue weighted by atomic mass is 9.74. The van der Waals surface area contributed by atoms with Crippen LogP contribution in [0.5, 0.6) is 0 Å². The highest BCUT2D eigenvalue weighted by molar-refractivity contribution is 4.91. The SMILES string of the molecule is CCC(C)C(CF)(CC#N)C[N+](=O)[O-]. The highest BCUT2D eigenvalue weighted by Gasteiger charge is 2.40. The van der Waals surface area contributed by atoms with Crippen LogP contribution in [0.1, 0.15) is 26.7 Å². The summed E-state index contributed by atoms with van der Waals surface area (Å²) in [5, 5.41) is 18.9. The van der Waals surface area contributed by atoms with Crippen LogP contribution in [0.3, 0.4) is 0 Å². The van der Waals surface area contributed by atoms with Crippen molar-refractivity contribution in [3.05, 3.63) is 10.1 Å². The van der Waals surface area contributed by atoms with E-state index in [1.165, 1.54) is 0 Å². The van der Waals surface area contributed by atoms with Crippen molar-refractivity contribution in [2.75, 3.05) is 13.2 Å². The molecule has 4 nitrogen and oxygen atoms in total. The van der Waals surface area contributed by atoms with Crippen LogP contribution in [-0.2, 0) is 0 Å². The van der Waals surface area contributed by atoms with E-state index >= 15 is 0 Å². The lowest BCUT2D eigenvalue weighted by Gasteiger charge is -2.30. The van der Waals surface area contributed by atoms with E-state index in [1.807, 2.05) is 13.0 Å². The average molecular weight is 202 g/mol. The lowest BCUT2D eigenvalue weighted by molar-refractivity contribution is -0.500. The fraction of sp³-hybridized carbons (Fsp3) is 0.889. The summed E-state index contributed by atoms with van der Waals surface area (Å²) < 4.78 is 12.8. The van der Waals surface area contributed by atoms with Gasteiger partial charge in [0.05, 0.1) is 11.5 Å². The Morgan fingerprint density at radius 1 is 1.71 bits per heavy atom. The second-order valence-corrected chi connectivity index (χ2v) is 3.63. The third-order valence-corrected chi connectivity index (χ3v) is 2.80. The molecular weight excluding hydrogens is 187 g/mol. The first-order valence-electron chi connectivity index (χ1n) is 4.57. The molecule has 2 unspecified atom stereocenters. The Labute approximate surface area is 82.9 Å². The maximum atomic E-state index is 12.8. The van der Waals surface area contributed by atoms with Crippen LogP contribution in [0.2, 0.25) is 0 Å². The van der Waals surface area contributed by atoms with Crippen molar-refractivity contribution < 1.29 is 9.31 Å². The Kier molecular flexibility index (Phi) is 5.06. The Bertz CT molecular complexity index is 239. The van der Waals surface area contributed by atoms with Crippen LogP contribution < -0.4 is 0 Å². The van der Waals surface area contributed by atoms with Gasteiger partial charge in [-0.1, -0.05) is 20.3 Å². The van der Waals surface area contributed by atoms with Crippen LogP contribution in [0, 0.1) is 32.8 Å². The number of hydrogen-bond donors (Lipinski definition) is 0. The van der Waals surface area contributed by atoms with Gasteiger partial charge in [0, 0.05) is 11.3 Å². The Hall–Kier alpha value is -1.18. The average Bonchev–Trinajstić information content (AvgIpc) is 2.15. The summed E-state index contributed by atoms with van der Waals surface area (Å²) in [4.78, 5) is 9.86. The first-order valence-corrected chi connectivity index (χ1v) is 4.57. The molecule has 0 heterocycles. The normalized spacial score (nSPS) is 16.7. The van der Waals surface area contributed by atoms with Gasteiger partial charge < -0.3 is 0 Å². The summed E-state index contributed by atoms with van der Waals surface area (Å²) in [6.45, 7) is 2.31. The Morgan fingerprint density at radius 2 is 2.29 bits per heavy atom. The summed E-state index contributed by atoms with van der Waals surface area (Å²) in [6.07, 6.45) is 0.541. The Morgan fingerprint density at radius 3 is 2.57 bits per heavy atom. The summed E-state index contributed by atoms with van der Waals surface area (Å²) >= 11 is 0. The van der Waals surface area contributed by atoms with Gasteiger partial charge in [0.25, 0.3) is 0 Å². The minimum absolute atomic E-state index is 0.0977. The zero-order valence-corrected chi connectivity index (χ0v) is 8.49. The molecule has 0 aromatic rings. The van der Waals surface area contributed by atoms with E-state index < -0.39 is 23.6 Å². The fourth-order valence-corrected chi connectivity index (χ4v) is 1.45. The largest absolute Gasteiger partial charge is 0.265 e. The number of hydrogen-bond acceptors (Lipinski definition) is 3. The smallest absolute Gasteiger partial charge is 0.213 e. The summed E-state index contributed by atoms with van der Waals surface area (Å²) in [7, 11) is 0. The third-order valence-electron chi connectivity index (χ3n) is 2.80. The van der Waals surface area contributed by atoms with Gasteiger partial charge >= 0.3 is 0 Å². The number of halogens is 1. The van der Waals surface area contributed by atoms with Crippen LogP contribution in [0.25, 0.3) is 0 Å². The van der Waals surface area contributed by atoms with Crippen molar-refractivity contribution in [1.82, 2.24) is 0 Å². The fourth-order valence-electron chi connectivity index (χ4n) is 1.45. The minimum Gasteiger partial charge on any atom is -0.265 e. The second kappa shape index (κ2) is 5.53. The predicted octanol–water partition coefficient (Wildman–Crippen LogP) is 2.18. The first kappa shape index (κ1) is 12.8. The molecule has 0 aliphatic carbocycles. The molecule has 0 amide bonds. The van der Waals surface area contributed by atoms with Crippen molar-refractivity contribution in [2.24, 2.45) is 11.3 Å². The quantitative estimate of drug-likeness (QED) is 0.489. The highest BCUT2D eigenvalue weighted by Crippen LogP contribution is 2.34. The van der Waals surface area contributed by atoms with Crippen LogP contribution in [0.15, 0.2) is 0 Å². The van der Waals surface area contributed by atoms with Gasteiger partial charge in [-0.3, -0.25) is 14.5 Å². The van der Waals surface area contributed by atoms with E-state index in [0.717, 1.165) is 0 Å². The molecule has 0 rings (SSSR count). The first-order chi connectivity index (χ1) is 6.52. The third kappa shape index (κ3) is 2.95. The predicted molar refractivity (Wildman–Crippen MR) is 50.0 cm³/mol. The van der Waals surface area contributed by atoms with E-state index in [9.17, 15) is 14.5 Å². The molecular formula is C9H15FN2O2. The molecule has 0 fully saturated rings. The number of rotatable bonds is 6. The van der Waals surface area contributed by atoms with Gasteiger partial charge in [0.15, 0.2) is 0 Å². The molecule has 14 heavy (non-hydrogen) atoms. The molecule has 2 atom stereocenters. The topological polar surface area (TPSA) is 66.9 Å². The number of nitro groups is 1. The highest BCUT2D eigenvalue weighted by atomic mass is 19.1. The van der Waals surface area contributed by atoms with E-state index in [0.29, 0.717) is 6.42 Å². The standard InChI is InChI=1S/C9H15FN2O2/c1-3-8(2)9(6-10,4-5-11)7-12(13)14/h8H,3-4,6-7H2,1-2H3. The van der Waals surface area contributed by atoms with Crippen LogP contribution >= 0.6 is 0 Å². The van der Waals surface area contributed by atoms with E-state index in [-0.39, 0.29) is 12.3 Å². The van der Waals surface area contributed by atoms with Crippen molar-refractivity contribution in [1.29, 1.82) is 5.26 Å². The maximum absolute atomic E-state index is 12.8. The molecule has 80 valence electrons.